The van der Waals surface area contributed by atoms with Crippen LogP contribution in [0.15, 0.2) is 64.3 Å². The van der Waals surface area contributed by atoms with Gasteiger partial charge in [0, 0.05) is 24.1 Å². The molecule has 0 radical (unpaired) electrons. The first kappa shape index (κ1) is 19.7. The van der Waals surface area contributed by atoms with Crippen molar-refractivity contribution in [3.05, 3.63) is 75.8 Å². The van der Waals surface area contributed by atoms with E-state index >= 15 is 0 Å². The van der Waals surface area contributed by atoms with Crippen LogP contribution in [0.3, 0.4) is 0 Å². The van der Waals surface area contributed by atoms with Crippen molar-refractivity contribution in [3.63, 3.8) is 0 Å². The second-order valence-corrected chi connectivity index (χ2v) is 7.57. The van der Waals surface area contributed by atoms with Crippen LogP contribution in [-0.2, 0) is 6.42 Å². The number of benzene rings is 2. The average molecular weight is 423 g/mol. The molecule has 0 fully saturated rings. The molecule has 0 saturated carbocycles. The molecule has 140 valence electrons. The summed E-state index contributed by atoms with van der Waals surface area (Å²) in [5, 5.41) is 8.85. The third-order valence-corrected chi connectivity index (χ3v) is 5.16. The minimum absolute atomic E-state index is 0.217. The van der Waals surface area contributed by atoms with E-state index in [1.165, 1.54) is 23.9 Å². The SMILES string of the molecule is C/C(=C/N=C1N=C(Nc2ccc(Cl)c(Cl)c2)S1)NCCc1ccc(F)cc1. The average Bonchev–Trinajstić information content (AvgIpc) is 2.61. The molecule has 0 atom stereocenters. The highest BCUT2D eigenvalue weighted by Crippen LogP contribution is 2.27. The van der Waals surface area contributed by atoms with Crippen molar-refractivity contribution in [1.29, 1.82) is 0 Å². The largest absolute Gasteiger partial charge is 0.387 e. The molecular weight excluding hydrogens is 406 g/mol. The minimum atomic E-state index is -0.217. The highest BCUT2D eigenvalue weighted by Gasteiger charge is 2.17. The molecule has 1 aliphatic heterocycles. The summed E-state index contributed by atoms with van der Waals surface area (Å²) in [7, 11) is 0. The molecule has 2 aromatic rings. The number of halogens is 3. The van der Waals surface area contributed by atoms with E-state index in [1.807, 2.05) is 13.0 Å². The molecule has 0 aliphatic carbocycles. The first-order chi connectivity index (χ1) is 13.0. The van der Waals surface area contributed by atoms with Gasteiger partial charge >= 0.3 is 0 Å². The third-order valence-electron chi connectivity index (χ3n) is 3.66. The van der Waals surface area contributed by atoms with Gasteiger partial charge in [0.1, 0.15) is 5.82 Å². The fourth-order valence-corrected chi connectivity index (χ4v) is 3.12. The Kier molecular flexibility index (Phi) is 6.77. The van der Waals surface area contributed by atoms with Crippen molar-refractivity contribution in [2.75, 3.05) is 11.9 Å². The van der Waals surface area contributed by atoms with Crippen molar-refractivity contribution < 1.29 is 4.39 Å². The summed E-state index contributed by atoms with van der Waals surface area (Å²) in [6.07, 6.45) is 2.55. The van der Waals surface area contributed by atoms with E-state index < -0.39 is 0 Å². The normalized spacial score (nSPS) is 15.3. The van der Waals surface area contributed by atoms with Gasteiger partial charge in [0.25, 0.3) is 0 Å². The second-order valence-electron chi connectivity index (χ2n) is 5.80. The van der Waals surface area contributed by atoms with Crippen LogP contribution in [0.4, 0.5) is 10.1 Å². The second kappa shape index (κ2) is 9.26. The number of nitrogens with one attached hydrogen (secondary N) is 2. The first-order valence-electron chi connectivity index (χ1n) is 8.21. The van der Waals surface area contributed by atoms with E-state index in [1.54, 1.807) is 30.5 Å². The lowest BCUT2D eigenvalue weighted by atomic mass is 10.1. The predicted molar refractivity (Wildman–Crippen MR) is 114 cm³/mol. The van der Waals surface area contributed by atoms with Crippen molar-refractivity contribution in [3.8, 4) is 0 Å². The summed E-state index contributed by atoms with van der Waals surface area (Å²) in [4.78, 5) is 8.63. The molecule has 0 spiro atoms. The minimum Gasteiger partial charge on any atom is -0.387 e. The van der Waals surface area contributed by atoms with Crippen molar-refractivity contribution >= 4 is 51.0 Å². The first-order valence-corrected chi connectivity index (χ1v) is 9.78. The van der Waals surface area contributed by atoms with E-state index in [2.05, 4.69) is 20.6 Å². The Labute approximate surface area is 171 Å². The van der Waals surface area contributed by atoms with E-state index in [4.69, 9.17) is 23.2 Å². The van der Waals surface area contributed by atoms with Crippen LogP contribution in [-0.4, -0.2) is 16.9 Å². The van der Waals surface area contributed by atoms with Crippen LogP contribution in [0.1, 0.15) is 12.5 Å². The van der Waals surface area contributed by atoms with Gasteiger partial charge in [-0.1, -0.05) is 35.3 Å². The zero-order chi connectivity index (χ0) is 19.2. The standard InChI is InChI=1S/C19H17Cl2FN4S/c1-12(23-9-8-13-2-4-14(22)5-3-13)11-24-18-26-19(27-18)25-15-6-7-16(20)17(21)10-15/h2-7,10-11,23H,8-9H2,1H3,(H,24,25,26)/b12-11-. The molecule has 2 aromatic carbocycles. The lowest BCUT2D eigenvalue weighted by molar-refractivity contribution is 0.626. The molecule has 0 saturated heterocycles. The Morgan fingerprint density at radius 3 is 2.63 bits per heavy atom. The Bertz CT molecular complexity index is 910. The maximum Gasteiger partial charge on any atom is 0.197 e. The van der Waals surface area contributed by atoms with Gasteiger partial charge in [-0.25, -0.2) is 9.38 Å². The zero-order valence-electron chi connectivity index (χ0n) is 14.5. The van der Waals surface area contributed by atoms with Gasteiger partial charge in [-0.2, -0.15) is 4.99 Å². The van der Waals surface area contributed by atoms with Crippen LogP contribution in [0.5, 0.6) is 0 Å². The van der Waals surface area contributed by atoms with Crippen molar-refractivity contribution in [1.82, 2.24) is 5.32 Å². The fourth-order valence-electron chi connectivity index (χ4n) is 2.24. The van der Waals surface area contributed by atoms with Crippen LogP contribution in [0, 0.1) is 5.82 Å². The van der Waals surface area contributed by atoms with Gasteiger partial charge in [-0.3, -0.25) is 0 Å². The summed E-state index contributed by atoms with van der Waals surface area (Å²) in [5.74, 6) is -0.217. The molecule has 4 nitrogen and oxygen atoms in total. The number of anilines is 1. The molecule has 1 heterocycles. The molecular formula is C19H17Cl2FN4S. The molecule has 0 aromatic heterocycles. The number of nitrogens with zero attached hydrogens (tertiary/aromatic N) is 2. The van der Waals surface area contributed by atoms with Gasteiger partial charge in [-0.05, 0) is 61.0 Å². The van der Waals surface area contributed by atoms with Crippen LogP contribution in [0.2, 0.25) is 10.0 Å². The number of allylic oxidation sites excluding steroid dienone is 1. The maximum atomic E-state index is 12.9. The van der Waals surface area contributed by atoms with Crippen LogP contribution >= 0.6 is 35.0 Å². The van der Waals surface area contributed by atoms with E-state index in [0.717, 1.165) is 35.1 Å². The highest BCUT2D eigenvalue weighted by atomic mass is 35.5. The molecule has 0 unspecified atom stereocenters. The Morgan fingerprint density at radius 2 is 1.93 bits per heavy atom. The quantitative estimate of drug-likeness (QED) is 0.627. The number of rotatable bonds is 6. The predicted octanol–water partition coefficient (Wildman–Crippen LogP) is 5.70. The smallest absolute Gasteiger partial charge is 0.197 e. The van der Waals surface area contributed by atoms with Crippen molar-refractivity contribution in [2.24, 2.45) is 9.98 Å². The molecule has 1 aliphatic rings. The number of thioether (sulfide) groups is 1. The third kappa shape index (κ3) is 5.99. The van der Waals surface area contributed by atoms with Crippen LogP contribution in [0.25, 0.3) is 0 Å². The Morgan fingerprint density at radius 1 is 1.19 bits per heavy atom. The number of aliphatic imine (C=N–C) groups is 2. The summed E-state index contributed by atoms with van der Waals surface area (Å²) < 4.78 is 12.9. The number of amidine groups is 2. The Hall–Kier alpha value is -2.02. The molecule has 0 amide bonds. The molecule has 8 heteroatoms. The molecule has 0 bridgehead atoms. The van der Waals surface area contributed by atoms with Gasteiger partial charge in [-0.15, -0.1) is 0 Å². The molecule has 2 N–H and O–H groups in total. The monoisotopic (exact) mass is 422 g/mol. The summed E-state index contributed by atoms with van der Waals surface area (Å²) in [6, 6.07) is 11.8. The summed E-state index contributed by atoms with van der Waals surface area (Å²) in [6.45, 7) is 2.69. The van der Waals surface area contributed by atoms with Gasteiger partial charge in [0.2, 0.25) is 0 Å². The van der Waals surface area contributed by atoms with E-state index in [9.17, 15) is 4.39 Å². The summed E-state index contributed by atoms with van der Waals surface area (Å²) >= 11 is 13.3. The molecule has 3 rings (SSSR count). The van der Waals surface area contributed by atoms with E-state index in [-0.39, 0.29) is 5.82 Å². The highest BCUT2D eigenvalue weighted by molar-refractivity contribution is 8.29. The zero-order valence-corrected chi connectivity index (χ0v) is 16.8. The van der Waals surface area contributed by atoms with Gasteiger partial charge in [0.05, 0.1) is 10.0 Å². The lowest BCUT2D eigenvalue weighted by Crippen LogP contribution is -2.19. The van der Waals surface area contributed by atoms with Gasteiger partial charge in [0.15, 0.2) is 10.3 Å². The fraction of sp³-hybridized carbons (Fsp3) is 0.158. The van der Waals surface area contributed by atoms with E-state index in [0.29, 0.717) is 15.2 Å². The van der Waals surface area contributed by atoms with Crippen LogP contribution < -0.4 is 10.6 Å². The van der Waals surface area contributed by atoms with Gasteiger partial charge < -0.3 is 10.6 Å². The molecule has 27 heavy (non-hydrogen) atoms. The topological polar surface area (TPSA) is 48.8 Å². The summed E-state index contributed by atoms with van der Waals surface area (Å²) in [5.41, 5.74) is 2.84. The Balaban J connectivity index is 1.45. The maximum absolute atomic E-state index is 12.9. The van der Waals surface area contributed by atoms with Crippen molar-refractivity contribution in [2.45, 2.75) is 13.3 Å². The lowest BCUT2D eigenvalue weighted by Gasteiger charge is -2.16. The number of hydrogen-bond acceptors (Lipinski definition) is 4. The number of hydrogen-bond donors (Lipinski definition) is 2.